The average molecular weight is 220 g/mol. The Kier molecular flexibility index (Phi) is 3.19. The molecule has 1 aromatic carbocycles. The summed E-state index contributed by atoms with van der Waals surface area (Å²) in [5.41, 5.74) is 1.88. The Labute approximate surface area is 95.0 Å². The minimum Gasteiger partial charge on any atom is -0.299 e. The van der Waals surface area contributed by atoms with Crippen LogP contribution in [0.15, 0.2) is 18.2 Å². The highest BCUT2D eigenvalue weighted by atomic mass is 16.6. The zero-order valence-electron chi connectivity index (χ0n) is 9.48. The number of rotatable bonds is 3. The van der Waals surface area contributed by atoms with Gasteiger partial charge in [-0.25, -0.2) is 0 Å². The highest BCUT2D eigenvalue weighted by Gasteiger charge is 2.20. The first-order chi connectivity index (χ1) is 7.68. The zero-order chi connectivity index (χ0) is 11.5. The van der Waals surface area contributed by atoms with Gasteiger partial charge < -0.3 is 0 Å². The third kappa shape index (κ3) is 2.22. The summed E-state index contributed by atoms with van der Waals surface area (Å²) < 4.78 is 0. The molecule has 0 amide bonds. The van der Waals surface area contributed by atoms with Crippen molar-refractivity contribution in [1.29, 1.82) is 0 Å². The first kappa shape index (κ1) is 11.1. The Morgan fingerprint density at radius 3 is 2.69 bits per heavy atom. The lowest BCUT2D eigenvalue weighted by Gasteiger charge is -2.14. The summed E-state index contributed by atoms with van der Waals surface area (Å²) in [4.78, 5) is 13.0. The zero-order valence-corrected chi connectivity index (χ0v) is 9.48. The fraction of sp³-hybridized carbons (Fsp3) is 0.500. The van der Waals surface area contributed by atoms with Crippen molar-refractivity contribution in [3.05, 3.63) is 39.4 Å². The van der Waals surface area contributed by atoms with Gasteiger partial charge in [-0.3, -0.25) is 15.0 Å². The van der Waals surface area contributed by atoms with E-state index >= 15 is 0 Å². The number of benzene rings is 1. The first-order valence-corrected chi connectivity index (χ1v) is 5.64. The maximum atomic E-state index is 11.0. The van der Waals surface area contributed by atoms with Gasteiger partial charge in [-0.2, -0.15) is 0 Å². The van der Waals surface area contributed by atoms with Crippen LogP contribution in [0.2, 0.25) is 0 Å². The monoisotopic (exact) mass is 220 g/mol. The van der Waals surface area contributed by atoms with Crippen molar-refractivity contribution in [2.45, 2.75) is 26.3 Å². The number of likely N-dealkylation sites (tertiary alicyclic amines) is 1. The fourth-order valence-electron chi connectivity index (χ4n) is 2.29. The summed E-state index contributed by atoms with van der Waals surface area (Å²) in [6, 6.07) is 5.56. The summed E-state index contributed by atoms with van der Waals surface area (Å²) in [6.45, 7) is 4.62. The molecule has 0 aliphatic carbocycles. The molecule has 0 spiro atoms. The third-order valence-corrected chi connectivity index (χ3v) is 3.10. The topological polar surface area (TPSA) is 46.4 Å². The van der Waals surface area contributed by atoms with E-state index in [-0.39, 0.29) is 10.6 Å². The molecule has 4 nitrogen and oxygen atoms in total. The van der Waals surface area contributed by atoms with Crippen LogP contribution >= 0.6 is 0 Å². The standard InChI is InChI=1S/C12H16N2O2/c1-10-5-4-6-11(12(10)14(15)16)9-13-7-2-3-8-13/h4-6H,2-3,7-9H2,1H3. The Morgan fingerprint density at radius 1 is 1.38 bits per heavy atom. The molecule has 2 rings (SSSR count). The van der Waals surface area contributed by atoms with Crippen LogP contribution in [0.4, 0.5) is 5.69 Å². The van der Waals surface area contributed by atoms with Gasteiger partial charge in [0, 0.05) is 17.7 Å². The molecule has 0 saturated carbocycles. The minimum absolute atomic E-state index is 0.263. The summed E-state index contributed by atoms with van der Waals surface area (Å²) in [5, 5.41) is 11.0. The van der Waals surface area contributed by atoms with Gasteiger partial charge in [0.2, 0.25) is 0 Å². The molecular weight excluding hydrogens is 204 g/mol. The van der Waals surface area contributed by atoms with Gasteiger partial charge >= 0.3 is 0 Å². The number of nitro groups is 1. The highest BCUT2D eigenvalue weighted by Crippen LogP contribution is 2.25. The maximum absolute atomic E-state index is 11.0. The summed E-state index contributed by atoms with van der Waals surface area (Å²) in [5.74, 6) is 0. The van der Waals surface area contributed by atoms with Crippen LogP contribution in [-0.4, -0.2) is 22.9 Å². The van der Waals surface area contributed by atoms with Crippen LogP contribution < -0.4 is 0 Å². The van der Waals surface area contributed by atoms with Crippen LogP contribution in [0, 0.1) is 17.0 Å². The van der Waals surface area contributed by atoms with E-state index in [1.165, 1.54) is 12.8 Å². The molecule has 1 aromatic rings. The van der Waals surface area contributed by atoms with E-state index in [1.807, 2.05) is 12.1 Å². The second-order valence-electron chi connectivity index (χ2n) is 4.32. The molecule has 4 heteroatoms. The number of para-hydroxylation sites is 1. The summed E-state index contributed by atoms with van der Waals surface area (Å²) >= 11 is 0. The Morgan fingerprint density at radius 2 is 2.06 bits per heavy atom. The van der Waals surface area contributed by atoms with Crippen LogP contribution in [0.1, 0.15) is 24.0 Å². The van der Waals surface area contributed by atoms with Crippen molar-refractivity contribution in [2.24, 2.45) is 0 Å². The SMILES string of the molecule is Cc1cccc(CN2CCCC2)c1[N+](=O)[O-]. The van der Waals surface area contributed by atoms with Crippen LogP contribution in [-0.2, 0) is 6.54 Å². The second kappa shape index (κ2) is 4.61. The Hall–Kier alpha value is -1.42. The molecule has 1 fully saturated rings. The molecule has 1 aliphatic rings. The van der Waals surface area contributed by atoms with E-state index in [4.69, 9.17) is 0 Å². The number of hydrogen-bond donors (Lipinski definition) is 0. The smallest absolute Gasteiger partial charge is 0.276 e. The Bertz CT molecular complexity index is 398. The molecule has 0 bridgehead atoms. The fourth-order valence-corrected chi connectivity index (χ4v) is 2.29. The lowest BCUT2D eigenvalue weighted by Crippen LogP contribution is -2.19. The van der Waals surface area contributed by atoms with Gasteiger partial charge in [0.1, 0.15) is 0 Å². The van der Waals surface area contributed by atoms with Gasteiger partial charge in [0.25, 0.3) is 5.69 Å². The van der Waals surface area contributed by atoms with Gasteiger partial charge in [-0.15, -0.1) is 0 Å². The van der Waals surface area contributed by atoms with E-state index in [1.54, 1.807) is 13.0 Å². The predicted octanol–water partition coefficient (Wildman–Crippen LogP) is 2.50. The summed E-state index contributed by atoms with van der Waals surface area (Å²) in [7, 11) is 0. The van der Waals surface area contributed by atoms with Crippen molar-refractivity contribution >= 4 is 5.69 Å². The first-order valence-electron chi connectivity index (χ1n) is 5.64. The molecule has 16 heavy (non-hydrogen) atoms. The van der Waals surface area contributed by atoms with E-state index in [9.17, 15) is 10.1 Å². The minimum atomic E-state index is -0.263. The Balaban J connectivity index is 2.25. The summed E-state index contributed by atoms with van der Waals surface area (Å²) in [6.07, 6.45) is 2.42. The van der Waals surface area contributed by atoms with Crippen LogP contribution in [0.5, 0.6) is 0 Å². The molecule has 86 valence electrons. The van der Waals surface area contributed by atoms with Gasteiger partial charge in [-0.05, 0) is 32.9 Å². The maximum Gasteiger partial charge on any atom is 0.276 e. The van der Waals surface area contributed by atoms with Crippen molar-refractivity contribution in [3.8, 4) is 0 Å². The number of hydrogen-bond acceptors (Lipinski definition) is 3. The van der Waals surface area contributed by atoms with E-state index in [0.717, 1.165) is 24.2 Å². The molecule has 0 unspecified atom stereocenters. The number of nitrogens with zero attached hydrogens (tertiary/aromatic N) is 2. The molecule has 1 saturated heterocycles. The predicted molar refractivity (Wildman–Crippen MR) is 62.3 cm³/mol. The van der Waals surface area contributed by atoms with Crippen molar-refractivity contribution in [3.63, 3.8) is 0 Å². The largest absolute Gasteiger partial charge is 0.299 e. The van der Waals surface area contributed by atoms with E-state index in [0.29, 0.717) is 6.54 Å². The van der Waals surface area contributed by atoms with E-state index < -0.39 is 0 Å². The average Bonchev–Trinajstić information content (AvgIpc) is 2.70. The van der Waals surface area contributed by atoms with Gasteiger partial charge in [-0.1, -0.05) is 18.2 Å². The third-order valence-electron chi connectivity index (χ3n) is 3.10. The van der Waals surface area contributed by atoms with Crippen molar-refractivity contribution in [1.82, 2.24) is 4.90 Å². The van der Waals surface area contributed by atoms with Crippen molar-refractivity contribution < 1.29 is 4.92 Å². The molecule has 1 aliphatic heterocycles. The lowest BCUT2D eigenvalue weighted by molar-refractivity contribution is -0.386. The van der Waals surface area contributed by atoms with Gasteiger partial charge in [0.15, 0.2) is 0 Å². The van der Waals surface area contributed by atoms with Crippen LogP contribution in [0.3, 0.4) is 0 Å². The lowest BCUT2D eigenvalue weighted by atomic mass is 10.1. The normalized spacial score (nSPS) is 16.6. The van der Waals surface area contributed by atoms with E-state index in [2.05, 4.69) is 4.90 Å². The molecule has 0 N–H and O–H groups in total. The quantitative estimate of drug-likeness (QED) is 0.580. The molecular formula is C12H16N2O2. The molecule has 0 radical (unpaired) electrons. The molecule has 0 aromatic heterocycles. The molecule has 0 atom stereocenters. The highest BCUT2D eigenvalue weighted by molar-refractivity contribution is 5.46. The van der Waals surface area contributed by atoms with Crippen LogP contribution in [0.25, 0.3) is 0 Å². The molecule has 1 heterocycles. The van der Waals surface area contributed by atoms with Crippen molar-refractivity contribution in [2.75, 3.05) is 13.1 Å². The van der Waals surface area contributed by atoms with Gasteiger partial charge in [0.05, 0.1) is 4.92 Å². The number of nitro benzene ring substituents is 1. The number of aryl methyl sites for hydroxylation is 1. The second-order valence-corrected chi connectivity index (χ2v) is 4.32.